The fourth-order valence-corrected chi connectivity index (χ4v) is 3.31. The monoisotopic (exact) mass is 284 g/mol. The Kier molecular flexibility index (Phi) is 9.23. The number of carbonyl (C=O) groups is 2. The Labute approximate surface area is 122 Å². The molecule has 1 rings (SSSR count). The van der Waals surface area contributed by atoms with E-state index in [1.165, 1.54) is 64.7 Å². The van der Waals surface area contributed by atoms with E-state index in [1.54, 1.807) is 0 Å². The van der Waals surface area contributed by atoms with Gasteiger partial charge in [0.15, 0.2) is 5.12 Å². The molecule has 2 nitrogen and oxygen atoms in total. The SMILES string of the molecule is CC(=O)SCC(=O)CCC1CCCCCCCCC1. The van der Waals surface area contributed by atoms with Crippen molar-refractivity contribution >= 4 is 22.7 Å². The summed E-state index contributed by atoms with van der Waals surface area (Å²) in [6.45, 7) is 1.53. The van der Waals surface area contributed by atoms with Gasteiger partial charge in [-0.1, -0.05) is 69.5 Å². The van der Waals surface area contributed by atoms with Gasteiger partial charge in [-0.2, -0.15) is 0 Å². The molecule has 110 valence electrons. The van der Waals surface area contributed by atoms with Gasteiger partial charge < -0.3 is 0 Å². The zero-order chi connectivity index (χ0) is 13.9. The van der Waals surface area contributed by atoms with Gasteiger partial charge in [-0.3, -0.25) is 9.59 Å². The molecule has 0 saturated heterocycles. The molecule has 0 radical (unpaired) electrons. The first-order valence-electron chi connectivity index (χ1n) is 7.83. The molecule has 0 amide bonds. The fraction of sp³-hybridized carbons (Fsp3) is 0.875. The molecule has 1 saturated carbocycles. The second kappa shape index (κ2) is 10.5. The van der Waals surface area contributed by atoms with Crippen LogP contribution in [0.3, 0.4) is 0 Å². The molecule has 0 spiro atoms. The minimum atomic E-state index is 0.0482. The molecule has 3 heteroatoms. The van der Waals surface area contributed by atoms with Crippen LogP contribution in [0.25, 0.3) is 0 Å². The number of hydrogen-bond acceptors (Lipinski definition) is 3. The molecule has 0 heterocycles. The van der Waals surface area contributed by atoms with Crippen molar-refractivity contribution in [3.63, 3.8) is 0 Å². The lowest BCUT2D eigenvalue weighted by Gasteiger charge is -2.18. The average Bonchev–Trinajstić information content (AvgIpc) is 2.40. The summed E-state index contributed by atoms with van der Waals surface area (Å²) in [6.07, 6.45) is 13.9. The first kappa shape index (κ1) is 16.7. The zero-order valence-corrected chi connectivity index (χ0v) is 13.1. The summed E-state index contributed by atoms with van der Waals surface area (Å²) in [6, 6.07) is 0. The van der Waals surface area contributed by atoms with E-state index in [2.05, 4.69) is 0 Å². The Morgan fingerprint density at radius 2 is 1.47 bits per heavy atom. The summed E-state index contributed by atoms with van der Waals surface area (Å²) in [7, 11) is 0. The quantitative estimate of drug-likeness (QED) is 0.730. The van der Waals surface area contributed by atoms with E-state index >= 15 is 0 Å². The van der Waals surface area contributed by atoms with E-state index < -0.39 is 0 Å². The van der Waals surface area contributed by atoms with Gasteiger partial charge in [0.05, 0.1) is 5.75 Å². The van der Waals surface area contributed by atoms with Gasteiger partial charge in [0, 0.05) is 13.3 Å². The van der Waals surface area contributed by atoms with E-state index in [-0.39, 0.29) is 10.9 Å². The third kappa shape index (κ3) is 9.26. The number of Topliss-reactive ketones (excluding diaryl/α,β-unsaturated/α-hetero) is 1. The molecule has 1 aliphatic carbocycles. The minimum absolute atomic E-state index is 0.0482. The van der Waals surface area contributed by atoms with E-state index in [1.807, 2.05) is 0 Å². The van der Waals surface area contributed by atoms with Gasteiger partial charge in [-0.05, 0) is 12.3 Å². The van der Waals surface area contributed by atoms with E-state index in [4.69, 9.17) is 0 Å². The summed E-state index contributed by atoms with van der Waals surface area (Å²) >= 11 is 1.15. The smallest absolute Gasteiger partial charge is 0.186 e. The van der Waals surface area contributed by atoms with Gasteiger partial charge in [0.2, 0.25) is 0 Å². The van der Waals surface area contributed by atoms with Gasteiger partial charge in [-0.25, -0.2) is 0 Å². The van der Waals surface area contributed by atoms with Gasteiger partial charge in [0.25, 0.3) is 0 Å². The molecule has 0 aromatic rings. The summed E-state index contributed by atoms with van der Waals surface area (Å²) in [4.78, 5) is 22.5. The lowest BCUT2D eigenvalue weighted by molar-refractivity contribution is -0.117. The third-order valence-electron chi connectivity index (χ3n) is 3.99. The highest BCUT2D eigenvalue weighted by Gasteiger charge is 2.13. The van der Waals surface area contributed by atoms with Crippen LogP contribution in [-0.4, -0.2) is 16.7 Å². The van der Waals surface area contributed by atoms with Gasteiger partial charge in [0.1, 0.15) is 5.78 Å². The largest absolute Gasteiger partial charge is 0.299 e. The highest BCUT2D eigenvalue weighted by Crippen LogP contribution is 2.25. The van der Waals surface area contributed by atoms with Crippen LogP contribution in [0.5, 0.6) is 0 Å². The van der Waals surface area contributed by atoms with E-state index in [0.717, 1.165) is 24.1 Å². The molecule has 0 aromatic heterocycles. The van der Waals surface area contributed by atoms with Crippen molar-refractivity contribution in [3.05, 3.63) is 0 Å². The molecule has 0 unspecified atom stereocenters. The van der Waals surface area contributed by atoms with Crippen LogP contribution in [0, 0.1) is 5.92 Å². The first-order chi connectivity index (χ1) is 9.18. The Morgan fingerprint density at radius 1 is 0.947 bits per heavy atom. The topological polar surface area (TPSA) is 34.1 Å². The number of carbonyl (C=O) groups excluding carboxylic acids is 2. The van der Waals surface area contributed by atoms with Crippen LogP contribution in [0.4, 0.5) is 0 Å². The van der Waals surface area contributed by atoms with Crippen LogP contribution in [-0.2, 0) is 9.59 Å². The zero-order valence-electron chi connectivity index (χ0n) is 12.3. The number of thioether (sulfide) groups is 1. The molecule has 1 fully saturated rings. The molecular weight excluding hydrogens is 256 g/mol. The molecule has 19 heavy (non-hydrogen) atoms. The van der Waals surface area contributed by atoms with Crippen LogP contribution in [0.15, 0.2) is 0 Å². The number of ketones is 1. The Bertz CT molecular complexity index is 266. The van der Waals surface area contributed by atoms with Crippen molar-refractivity contribution in [1.29, 1.82) is 0 Å². The maximum Gasteiger partial charge on any atom is 0.186 e. The molecule has 0 aromatic carbocycles. The standard InChI is InChI=1S/C16H28O2S/c1-14(17)19-13-16(18)12-11-15-9-7-5-3-2-4-6-8-10-15/h15H,2-13H2,1H3. The summed E-state index contributed by atoms with van der Waals surface area (Å²) in [5, 5.41) is 0.0482. The maximum absolute atomic E-state index is 11.7. The summed E-state index contributed by atoms with van der Waals surface area (Å²) < 4.78 is 0. The fourth-order valence-electron chi connectivity index (χ4n) is 2.80. The Balaban J connectivity index is 2.20. The van der Waals surface area contributed by atoms with Crippen LogP contribution < -0.4 is 0 Å². The lowest BCUT2D eigenvalue weighted by atomic mass is 9.88. The van der Waals surface area contributed by atoms with Crippen molar-refractivity contribution in [1.82, 2.24) is 0 Å². The predicted molar refractivity (Wildman–Crippen MR) is 82.4 cm³/mol. The maximum atomic E-state index is 11.7. The minimum Gasteiger partial charge on any atom is -0.299 e. The van der Waals surface area contributed by atoms with E-state index in [9.17, 15) is 9.59 Å². The Morgan fingerprint density at radius 3 is 2.00 bits per heavy atom. The highest BCUT2D eigenvalue weighted by atomic mass is 32.2. The van der Waals surface area contributed by atoms with Gasteiger partial charge in [-0.15, -0.1) is 0 Å². The lowest BCUT2D eigenvalue weighted by Crippen LogP contribution is -2.09. The normalized spacial score (nSPS) is 19.0. The van der Waals surface area contributed by atoms with E-state index in [0.29, 0.717) is 12.2 Å². The van der Waals surface area contributed by atoms with Crippen LogP contribution in [0.1, 0.15) is 77.6 Å². The Hall–Kier alpha value is -0.310. The molecule has 0 bridgehead atoms. The average molecular weight is 284 g/mol. The second-order valence-electron chi connectivity index (χ2n) is 5.78. The number of hydrogen-bond donors (Lipinski definition) is 0. The van der Waals surface area contributed by atoms with Crippen molar-refractivity contribution in [2.45, 2.75) is 77.6 Å². The molecular formula is C16H28O2S. The van der Waals surface area contributed by atoms with Crippen molar-refractivity contribution in [3.8, 4) is 0 Å². The summed E-state index contributed by atoms with van der Waals surface area (Å²) in [5.74, 6) is 1.36. The van der Waals surface area contributed by atoms with Crippen LogP contribution in [0.2, 0.25) is 0 Å². The predicted octanol–water partition coefficient (Wildman–Crippen LogP) is 4.76. The first-order valence-corrected chi connectivity index (χ1v) is 8.82. The molecule has 0 N–H and O–H groups in total. The van der Waals surface area contributed by atoms with Crippen molar-refractivity contribution < 1.29 is 9.59 Å². The van der Waals surface area contributed by atoms with Crippen molar-refractivity contribution in [2.24, 2.45) is 5.92 Å². The molecule has 1 aliphatic rings. The summed E-state index contributed by atoms with van der Waals surface area (Å²) in [5.41, 5.74) is 0. The number of rotatable bonds is 5. The van der Waals surface area contributed by atoms with Gasteiger partial charge >= 0.3 is 0 Å². The second-order valence-corrected chi connectivity index (χ2v) is 6.93. The molecule has 0 atom stereocenters. The third-order valence-corrected chi connectivity index (χ3v) is 4.87. The molecule has 0 aliphatic heterocycles. The van der Waals surface area contributed by atoms with Crippen LogP contribution >= 0.6 is 11.8 Å². The highest BCUT2D eigenvalue weighted by molar-refractivity contribution is 8.14. The van der Waals surface area contributed by atoms with Crippen molar-refractivity contribution in [2.75, 3.05) is 5.75 Å².